The standard InChI is InChI=1S/C16H22N2OS/c19-16(9-12-10-17-11-12)18-14-7-3-4-8-15(14)20-13-5-1-2-6-13/h3-4,7-8,12-13,17H,1-2,5-6,9-11H2,(H,18,19). The molecule has 20 heavy (non-hydrogen) atoms. The Balaban J connectivity index is 1.60. The molecule has 3 nitrogen and oxygen atoms in total. The van der Waals surface area contributed by atoms with E-state index in [2.05, 4.69) is 22.8 Å². The largest absolute Gasteiger partial charge is 0.325 e. The molecule has 2 N–H and O–H groups in total. The molecule has 3 rings (SSSR count). The first-order valence-electron chi connectivity index (χ1n) is 7.57. The first kappa shape index (κ1) is 14.0. The Morgan fingerprint density at radius 1 is 1.25 bits per heavy atom. The smallest absolute Gasteiger partial charge is 0.224 e. The molecule has 1 aliphatic heterocycles. The number of anilines is 1. The third-order valence-corrected chi connectivity index (χ3v) is 5.51. The van der Waals surface area contributed by atoms with Gasteiger partial charge in [0, 0.05) is 16.6 Å². The summed E-state index contributed by atoms with van der Waals surface area (Å²) in [5, 5.41) is 7.03. The minimum Gasteiger partial charge on any atom is -0.325 e. The maximum Gasteiger partial charge on any atom is 0.224 e. The molecule has 0 radical (unpaired) electrons. The third-order valence-electron chi connectivity index (χ3n) is 4.10. The van der Waals surface area contributed by atoms with Crippen molar-refractivity contribution in [3.63, 3.8) is 0 Å². The first-order valence-corrected chi connectivity index (χ1v) is 8.45. The van der Waals surface area contributed by atoms with Gasteiger partial charge in [0.05, 0.1) is 5.69 Å². The second-order valence-electron chi connectivity index (χ2n) is 5.80. The number of hydrogen-bond donors (Lipinski definition) is 2. The zero-order valence-corrected chi connectivity index (χ0v) is 12.5. The van der Waals surface area contributed by atoms with Gasteiger partial charge in [0.15, 0.2) is 0 Å². The van der Waals surface area contributed by atoms with E-state index in [1.54, 1.807) is 0 Å². The molecule has 2 fully saturated rings. The topological polar surface area (TPSA) is 41.1 Å². The lowest BCUT2D eigenvalue weighted by Gasteiger charge is -2.26. The lowest BCUT2D eigenvalue weighted by atomic mass is 9.99. The highest BCUT2D eigenvalue weighted by Crippen LogP contribution is 2.38. The van der Waals surface area contributed by atoms with E-state index in [1.807, 2.05) is 23.9 Å². The summed E-state index contributed by atoms with van der Waals surface area (Å²) >= 11 is 1.93. The fourth-order valence-corrected chi connectivity index (χ4v) is 4.15. The maximum absolute atomic E-state index is 12.1. The molecule has 1 aromatic carbocycles. The number of para-hydroxylation sites is 1. The van der Waals surface area contributed by atoms with Crippen molar-refractivity contribution in [2.45, 2.75) is 42.2 Å². The van der Waals surface area contributed by atoms with Gasteiger partial charge in [-0.2, -0.15) is 0 Å². The number of nitrogens with one attached hydrogen (secondary N) is 2. The van der Waals surface area contributed by atoms with Crippen LogP contribution in [-0.4, -0.2) is 24.2 Å². The van der Waals surface area contributed by atoms with Gasteiger partial charge in [0.25, 0.3) is 0 Å². The number of carbonyl (C=O) groups is 1. The normalized spacial score (nSPS) is 19.8. The van der Waals surface area contributed by atoms with E-state index in [9.17, 15) is 4.79 Å². The van der Waals surface area contributed by atoms with Crippen LogP contribution in [0.2, 0.25) is 0 Å². The van der Waals surface area contributed by atoms with Crippen LogP contribution in [0.3, 0.4) is 0 Å². The van der Waals surface area contributed by atoms with Gasteiger partial charge in [-0.3, -0.25) is 4.79 Å². The molecule has 108 valence electrons. The van der Waals surface area contributed by atoms with E-state index in [-0.39, 0.29) is 5.91 Å². The molecule has 1 saturated heterocycles. The van der Waals surface area contributed by atoms with Crippen molar-refractivity contribution in [1.82, 2.24) is 5.32 Å². The molecule has 0 unspecified atom stereocenters. The van der Waals surface area contributed by atoms with Gasteiger partial charge in [-0.25, -0.2) is 0 Å². The van der Waals surface area contributed by atoms with Crippen molar-refractivity contribution in [2.75, 3.05) is 18.4 Å². The van der Waals surface area contributed by atoms with Crippen LogP contribution in [0, 0.1) is 5.92 Å². The van der Waals surface area contributed by atoms with E-state index in [0.717, 1.165) is 24.0 Å². The van der Waals surface area contributed by atoms with Crippen LogP contribution >= 0.6 is 11.8 Å². The van der Waals surface area contributed by atoms with E-state index < -0.39 is 0 Å². The van der Waals surface area contributed by atoms with E-state index in [0.29, 0.717) is 12.3 Å². The zero-order chi connectivity index (χ0) is 13.8. The van der Waals surface area contributed by atoms with Gasteiger partial charge in [0.1, 0.15) is 0 Å². The number of rotatable bonds is 5. The minimum absolute atomic E-state index is 0.149. The number of carbonyl (C=O) groups excluding carboxylic acids is 1. The molecule has 0 aromatic heterocycles. The van der Waals surface area contributed by atoms with Crippen LogP contribution in [0.5, 0.6) is 0 Å². The van der Waals surface area contributed by atoms with Crippen LogP contribution in [0.4, 0.5) is 5.69 Å². The number of benzene rings is 1. The molecule has 0 atom stereocenters. The van der Waals surface area contributed by atoms with Crippen LogP contribution in [-0.2, 0) is 4.79 Å². The van der Waals surface area contributed by atoms with E-state index in [1.165, 1.54) is 30.6 Å². The summed E-state index contributed by atoms with van der Waals surface area (Å²) in [6.07, 6.45) is 5.94. The predicted molar refractivity (Wildman–Crippen MR) is 84.2 cm³/mol. The summed E-state index contributed by atoms with van der Waals surface area (Å²) in [5.74, 6) is 0.667. The third kappa shape index (κ3) is 3.55. The minimum atomic E-state index is 0.149. The summed E-state index contributed by atoms with van der Waals surface area (Å²) in [6, 6.07) is 8.21. The van der Waals surface area contributed by atoms with Crippen molar-refractivity contribution >= 4 is 23.4 Å². The molecule has 4 heteroatoms. The molecular formula is C16H22N2OS. The summed E-state index contributed by atoms with van der Waals surface area (Å²) < 4.78 is 0. The highest BCUT2D eigenvalue weighted by molar-refractivity contribution is 8.00. The summed E-state index contributed by atoms with van der Waals surface area (Å²) in [5.41, 5.74) is 0.988. The lowest BCUT2D eigenvalue weighted by Crippen LogP contribution is -2.43. The lowest BCUT2D eigenvalue weighted by molar-refractivity contribution is -0.117. The summed E-state index contributed by atoms with van der Waals surface area (Å²) in [4.78, 5) is 13.3. The Morgan fingerprint density at radius 2 is 2.00 bits per heavy atom. The van der Waals surface area contributed by atoms with Crippen LogP contribution < -0.4 is 10.6 Å². The summed E-state index contributed by atoms with van der Waals surface area (Å²) in [7, 11) is 0. The molecule has 2 aliphatic rings. The highest BCUT2D eigenvalue weighted by atomic mass is 32.2. The van der Waals surface area contributed by atoms with E-state index in [4.69, 9.17) is 0 Å². The molecule has 1 amide bonds. The van der Waals surface area contributed by atoms with Gasteiger partial charge < -0.3 is 10.6 Å². The Hall–Kier alpha value is -1.00. The average Bonchev–Trinajstić information content (AvgIpc) is 2.89. The highest BCUT2D eigenvalue weighted by Gasteiger charge is 2.21. The maximum atomic E-state index is 12.1. The van der Waals surface area contributed by atoms with E-state index >= 15 is 0 Å². The molecule has 0 spiro atoms. The number of amides is 1. The monoisotopic (exact) mass is 290 g/mol. The van der Waals surface area contributed by atoms with Crippen LogP contribution in [0.25, 0.3) is 0 Å². The quantitative estimate of drug-likeness (QED) is 0.874. The fourth-order valence-electron chi connectivity index (χ4n) is 2.81. The van der Waals surface area contributed by atoms with Crippen molar-refractivity contribution in [1.29, 1.82) is 0 Å². The second kappa shape index (κ2) is 6.64. The van der Waals surface area contributed by atoms with Gasteiger partial charge in [-0.15, -0.1) is 11.8 Å². The molecule has 1 aromatic rings. The van der Waals surface area contributed by atoms with Crippen LogP contribution in [0.15, 0.2) is 29.2 Å². The van der Waals surface area contributed by atoms with Crippen molar-refractivity contribution in [3.05, 3.63) is 24.3 Å². The van der Waals surface area contributed by atoms with Crippen LogP contribution in [0.1, 0.15) is 32.1 Å². The van der Waals surface area contributed by atoms with Crippen molar-refractivity contribution in [3.8, 4) is 0 Å². The Labute approximate surface area is 124 Å². The molecule has 1 heterocycles. The second-order valence-corrected chi connectivity index (χ2v) is 7.14. The van der Waals surface area contributed by atoms with Gasteiger partial charge in [-0.05, 0) is 44.0 Å². The van der Waals surface area contributed by atoms with Gasteiger partial charge >= 0.3 is 0 Å². The zero-order valence-electron chi connectivity index (χ0n) is 11.7. The fraction of sp³-hybridized carbons (Fsp3) is 0.562. The molecule has 1 saturated carbocycles. The SMILES string of the molecule is O=C(CC1CNC1)Nc1ccccc1SC1CCCC1. The summed E-state index contributed by atoms with van der Waals surface area (Å²) in [6.45, 7) is 1.96. The van der Waals surface area contributed by atoms with Crippen molar-refractivity contribution in [2.24, 2.45) is 5.92 Å². The Kier molecular flexibility index (Phi) is 4.63. The van der Waals surface area contributed by atoms with Crippen molar-refractivity contribution < 1.29 is 4.79 Å². The Morgan fingerprint density at radius 3 is 2.70 bits per heavy atom. The molecular weight excluding hydrogens is 268 g/mol. The molecule has 1 aliphatic carbocycles. The average molecular weight is 290 g/mol. The molecule has 0 bridgehead atoms. The number of hydrogen-bond acceptors (Lipinski definition) is 3. The van der Waals surface area contributed by atoms with Gasteiger partial charge in [-0.1, -0.05) is 25.0 Å². The first-order chi connectivity index (χ1) is 9.81. The number of thioether (sulfide) groups is 1. The van der Waals surface area contributed by atoms with Gasteiger partial charge in [0.2, 0.25) is 5.91 Å². The Bertz CT molecular complexity index is 467. The predicted octanol–water partition coefficient (Wildman–Crippen LogP) is 3.27.